The van der Waals surface area contributed by atoms with E-state index in [1.54, 1.807) is 0 Å². The molecule has 4 aliphatic heterocycles. The number of nitrogens with zero attached hydrogens (tertiary/aromatic N) is 4. The van der Waals surface area contributed by atoms with Crippen molar-refractivity contribution in [1.82, 2.24) is 0 Å². The number of fused-ring (bicyclic) bond motifs is 10. The molecule has 4 unspecified atom stereocenters. The van der Waals surface area contributed by atoms with E-state index in [1.807, 2.05) is 12.1 Å². The molecule has 0 radical (unpaired) electrons. The fraction of sp³-hybridized carbons (Fsp3) is 0.333. The molecule has 8 aromatic rings. The zero-order valence-corrected chi connectivity index (χ0v) is 47.8. The summed E-state index contributed by atoms with van der Waals surface area (Å²) in [4.78, 5) is 10.9. The van der Waals surface area contributed by atoms with Gasteiger partial charge in [-0.05, 0) is 185 Å². The first-order valence-electron chi connectivity index (χ1n) is 29.3. The van der Waals surface area contributed by atoms with E-state index in [0.29, 0.717) is 0 Å². The van der Waals surface area contributed by atoms with Gasteiger partial charge in [-0.1, -0.05) is 166 Å². The monoisotopic (exact) mass is 1020 g/mol. The van der Waals surface area contributed by atoms with E-state index in [4.69, 9.17) is 5.73 Å². The molecule has 0 spiro atoms. The first kappa shape index (κ1) is 49.1. The van der Waals surface area contributed by atoms with E-state index in [1.165, 1.54) is 139 Å². The van der Waals surface area contributed by atoms with Gasteiger partial charge in [-0.2, -0.15) is 0 Å². The molecule has 5 nitrogen and oxygen atoms in total. The van der Waals surface area contributed by atoms with E-state index in [0.717, 1.165) is 24.9 Å². The molecule has 392 valence electrons. The second kappa shape index (κ2) is 16.9. The average Bonchev–Trinajstić information content (AvgIpc) is 3.39. The molecule has 0 bridgehead atoms. The highest BCUT2D eigenvalue weighted by Gasteiger charge is 2.60. The summed E-state index contributed by atoms with van der Waals surface area (Å²) in [6.07, 6.45) is 9.48. The summed E-state index contributed by atoms with van der Waals surface area (Å²) in [5, 5.41) is 0. The Bertz CT molecular complexity index is 3720. The largest absolute Gasteiger partial charge is 0.399 e. The number of anilines is 11. The minimum absolute atomic E-state index is 0.00559. The van der Waals surface area contributed by atoms with Gasteiger partial charge in [0.05, 0.1) is 11.1 Å². The van der Waals surface area contributed by atoms with Crippen LogP contribution in [0.2, 0.25) is 0 Å². The van der Waals surface area contributed by atoms with Crippen molar-refractivity contribution >= 4 is 85.7 Å². The summed E-state index contributed by atoms with van der Waals surface area (Å²) in [5.41, 5.74) is 31.4. The minimum atomic E-state index is -0.146. The molecular weight excluding hydrogens is 946 g/mol. The smallest absolute Gasteiger partial charge is 0.252 e. The Morgan fingerprint density at radius 3 is 1.53 bits per heavy atom. The number of rotatable bonds is 5. The van der Waals surface area contributed by atoms with E-state index in [2.05, 4.69) is 247 Å². The molecule has 6 heteroatoms. The summed E-state index contributed by atoms with van der Waals surface area (Å²) < 4.78 is 0. The molecule has 14 rings (SSSR count). The Labute approximate surface area is 465 Å². The second-order valence-corrected chi connectivity index (χ2v) is 27.1. The van der Waals surface area contributed by atoms with Crippen molar-refractivity contribution in [2.24, 2.45) is 0 Å². The van der Waals surface area contributed by atoms with Gasteiger partial charge in [-0.15, -0.1) is 0 Å². The van der Waals surface area contributed by atoms with Crippen molar-refractivity contribution < 1.29 is 0 Å². The quantitative estimate of drug-likeness (QED) is 0.137. The number of nitrogens with two attached hydrogens (primary N) is 1. The van der Waals surface area contributed by atoms with E-state index >= 15 is 0 Å². The Hall–Kier alpha value is -7.18. The molecular formula is C72H76BN5. The Kier molecular flexibility index (Phi) is 10.7. The fourth-order valence-electron chi connectivity index (χ4n) is 16.0. The van der Waals surface area contributed by atoms with Crippen LogP contribution in [0.15, 0.2) is 170 Å². The van der Waals surface area contributed by atoms with Crippen molar-refractivity contribution in [3.8, 4) is 11.1 Å². The van der Waals surface area contributed by atoms with Crippen LogP contribution in [-0.4, -0.2) is 17.8 Å². The van der Waals surface area contributed by atoms with Crippen molar-refractivity contribution in [3.05, 3.63) is 192 Å². The zero-order valence-electron chi connectivity index (χ0n) is 47.8. The Morgan fingerprint density at radius 1 is 0.397 bits per heavy atom. The fourth-order valence-corrected chi connectivity index (χ4v) is 16.0. The van der Waals surface area contributed by atoms with Crippen molar-refractivity contribution in [3.63, 3.8) is 0 Å². The third-order valence-corrected chi connectivity index (χ3v) is 20.8. The lowest BCUT2D eigenvalue weighted by molar-refractivity contribution is 0.195. The van der Waals surface area contributed by atoms with Gasteiger partial charge >= 0.3 is 0 Å². The third-order valence-electron chi connectivity index (χ3n) is 20.8. The van der Waals surface area contributed by atoms with Crippen LogP contribution in [0.3, 0.4) is 0 Å². The van der Waals surface area contributed by atoms with Crippen molar-refractivity contribution in [2.75, 3.05) is 25.3 Å². The number of hydrogen-bond acceptors (Lipinski definition) is 5. The van der Waals surface area contributed by atoms with Gasteiger partial charge in [-0.25, -0.2) is 0 Å². The second-order valence-electron chi connectivity index (χ2n) is 27.1. The SMILES string of the molecule is CC(C)(C)c1ccc(N2c3cc(N4c5ccc(-c6ccc(N)cc6)cc5C5(C)CCCCC45C)ccc3B3c4ccccc4N(c4ccccc4)c4cc(N5c6ccc(C(C)(C)C)cc6C6(C)CCCCC56C)cc2c43)cc1. The summed E-state index contributed by atoms with van der Waals surface area (Å²) >= 11 is 0. The predicted molar refractivity (Wildman–Crippen MR) is 333 cm³/mol. The highest BCUT2D eigenvalue weighted by Crippen LogP contribution is 2.64. The highest BCUT2D eigenvalue weighted by molar-refractivity contribution is 7.00. The van der Waals surface area contributed by atoms with Gasteiger partial charge in [0.25, 0.3) is 6.71 Å². The summed E-state index contributed by atoms with van der Waals surface area (Å²) in [6.45, 7) is 24.4. The maximum absolute atomic E-state index is 6.22. The van der Waals surface area contributed by atoms with E-state index in [9.17, 15) is 0 Å². The molecule has 2 aliphatic carbocycles. The van der Waals surface area contributed by atoms with Crippen LogP contribution in [0, 0.1) is 0 Å². The molecule has 78 heavy (non-hydrogen) atoms. The average molecular weight is 1020 g/mol. The maximum atomic E-state index is 6.22. The van der Waals surface area contributed by atoms with Crippen molar-refractivity contribution in [2.45, 2.75) is 153 Å². The third kappa shape index (κ3) is 6.86. The topological polar surface area (TPSA) is 39.0 Å². The molecule has 2 N–H and O–H groups in total. The lowest BCUT2D eigenvalue weighted by Crippen LogP contribution is -2.61. The van der Waals surface area contributed by atoms with Crippen molar-refractivity contribution in [1.29, 1.82) is 0 Å². The maximum Gasteiger partial charge on any atom is 0.252 e. The Balaban J connectivity index is 1.04. The molecule has 8 aromatic carbocycles. The lowest BCUT2D eigenvalue weighted by atomic mass is 9.33. The van der Waals surface area contributed by atoms with Crippen LogP contribution in [0.25, 0.3) is 11.1 Å². The van der Waals surface area contributed by atoms with E-state index < -0.39 is 0 Å². The molecule has 0 saturated heterocycles. The molecule has 6 aliphatic rings. The van der Waals surface area contributed by atoms with E-state index in [-0.39, 0.29) is 39.5 Å². The predicted octanol–water partition coefficient (Wildman–Crippen LogP) is 17.1. The number of hydrogen-bond donors (Lipinski definition) is 1. The lowest BCUT2D eigenvalue weighted by Gasteiger charge is -2.51. The van der Waals surface area contributed by atoms with Gasteiger partial charge in [0.2, 0.25) is 0 Å². The number of benzene rings is 8. The molecule has 4 atom stereocenters. The van der Waals surface area contributed by atoms with Crippen LogP contribution < -0.4 is 41.7 Å². The normalized spacial score (nSPS) is 23.7. The van der Waals surface area contributed by atoms with Crippen LogP contribution in [0.5, 0.6) is 0 Å². The first-order chi connectivity index (χ1) is 37.3. The Morgan fingerprint density at radius 2 is 0.885 bits per heavy atom. The van der Waals surface area contributed by atoms with Gasteiger partial charge in [0, 0.05) is 73.4 Å². The van der Waals surface area contributed by atoms with Gasteiger partial charge < -0.3 is 25.3 Å². The van der Waals surface area contributed by atoms with Gasteiger partial charge in [0.1, 0.15) is 0 Å². The highest BCUT2D eigenvalue weighted by atomic mass is 15.3. The summed E-state index contributed by atoms with van der Waals surface area (Å²) in [7, 11) is 0. The molecule has 2 saturated carbocycles. The standard InChI is InChI=1S/C72H76BN5/c1-67(2,3)49-27-32-53(33-28-49)76-63-44-54(77-60-36-26-48(47-24-30-51(74)31-25-47)42-56(60)69(7)38-16-18-40-71(69,77)9)34-35-59(63)73-58-22-14-15-23-62(58)75(52-20-12-11-13-21-52)64-45-55(46-65(76)66(64)73)78-61-37-29-50(68(4,5)6)43-57(61)70(8)39-17-19-41-72(70,78)10/h11-15,20-37,42-46H,16-19,38-41,74H2,1-10H3. The molecule has 0 aromatic heterocycles. The van der Waals surface area contributed by atoms with Crippen LogP contribution >= 0.6 is 0 Å². The van der Waals surface area contributed by atoms with Gasteiger partial charge in [0.15, 0.2) is 0 Å². The molecule has 0 amide bonds. The zero-order chi connectivity index (χ0) is 53.9. The van der Waals surface area contributed by atoms with Crippen LogP contribution in [0.4, 0.5) is 62.6 Å². The number of para-hydroxylation sites is 2. The minimum Gasteiger partial charge on any atom is -0.399 e. The molecule has 4 heterocycles. The van der Waals surface area contributed by atoms with Crippen LogP contribution in [0.1, 0.15) is 143 Å². The summed E-state index contributed by atoms with van der Waals surface area (Å²) in [5.74, 6) is 0. The summed E-state index contributed by atoms with van der Waals surface area (Å²) in [6, 6.07) is 66.0. The first-order valence-corrected chi connectivity index (χ1v) is 29.3. The van der Waals surface area contributed by atoms with Crippen LogP contribution in [-0.2, 0) is 21.7 Å². The van der Waals surface area contributed by atoms with Gasteiger partial charge in [-0.3, -0.25) is 0 Å². The molecule has 2 fully saturated rings. The number of nitrogen functional groups attached to an aromatic ring is 1.